The summed E-state index contributed by atoms with van der Waals surface area (Å²) >= 11 is 3.41. The number of carbonyl (C=O) groups excluding carboxylic acids is 1. The number of aryl methyl sites for hydroxylation is 1. The lowest BCUT2D eigenvalue weighted by Crippen LogP contribution is -2.38. The molecule has 0 bridgehead atoms. The van der Waals surface area contributed by atoms with E-state index in [1.54, 1.807) is 0 Å². The minimum absolute atomic E-state index is 0.0440. The molecule has 3 nitrogen and oxygen atoms in total. The van der Waals surface area contributed by atoms with Crippen LogP contribution in [0.15, 0.2) is 16.6 Å². The van der Waals surface area contributed by atoms with Crippen LogP contribution < -0.4 is 10.6 Å². The average molecular weight is 269 g/mol. The number of rotatable bonds is 1. The maximum Gasteiger partial charge on any atom is 0.246 e. The summed E-state index contributed by atoms with van der Waals surface area (Å²) in [4.78, 5) is 11.6. The molecule has 1 aromatic rings. The molecule has 0 saturated heterocycles. The highest BCUT2D eigenvalue weighted by Crippen LogP contribution is 2.33. The van der Waals surface area contributed by atoms with Gasteiger partial charge in [-0.05, 0) is 31.0 Å². The Morgan fingerprint density at radius 1 is 1.47 bits per heavy atom. The Kier molecular flexibility index (Phi) is 2.69. The van der Waals surface area contributed by atoms with E-state index < -0.39 is 0 Å². The molecule has 0 aromatic heterocycles. The fourth-order valence-corrected chi connectivity index (χ4v) is 2.35. The lowest BCUT2D eigenvalue weighted by Gasteiger charge is -2.27. The number of hydrogen-bond donors (Lipinski definition) is 2. The van der Waals surface area contributed by atoms with E-state index in [-0.39, 0.29) is 11.9 Å². The van der Waals surface area contributed by atoms with Crippen LogP contribution in [-0.4, -0.2) is 11.9 Å². The van der Waals surface area contributed by atoms with Gasteiger partial charge < -0.3 is 10.6 Å². The lowest BCUT2D eigenvalue weighted by atomic mass is 10.1. The van der Waals surface area contributed by atoms with Gasteiger partial charge >= 0.3 is 0 Å². The summed E-state index contributed by atoms with van der Waals surface area (Å²) in [5.74, 6) is 0.0440. The van der Waals surface area contributed by atoms with Crippen molar-refractivity contribution in [3.63, 3.8) is 0 Å². The second-order valence-electron chi connectivity index (χ2n) is 3.74. The molecule has 2 N–H and O–H groups in total. The van der Waals surface area contributed by atoms with E-state index in [4.69, 9.17) is 0 Å². The fraction of sp³-hybridized carbons (Fsp3) is 0.364. The predicted molar refractivity (Wildman–Crippen MR) is 65.2 cm³/mol. The first-order valence-electron chi connectivity index (χ1n) is 4.99. The van der Waals surface area contributed by atoms with Gasteiger partial charge in [0.05, 0.1) is 11.4 Å². The maximum atomic E-state index is 11.6. The fourth-order valence-electron chi connectivity index (χ4n) is 1.78. The van der Waals surface area contributed by atoms with Crippen molar-refractivity contribution in [3.05, 3.63) is 22.2 Å². The Labute approximate surface area is 97.4 Å². The number of fused-ring (bicyclic) bond motifs is 1. The first-order chi connectivity index (χ1) is 7.11. The summed E-state index contributed by atoms with van der Waals surface area (Å²) in [7, 11) is 0. The van der Waals surface area contributed by atoms with Gasteiger partial charge in [-0.25, -0.2) is 0 Å². The van der Waals surface area contributed by atoms with Crippen molar-refractivity contribution in [1.29, 1.82) is 0 Å². The third-order valence-corrected chi connectivity index (χ3v) is 3.06. The molecule has 1 unspecified atom stereocenters. The molecule has 1 aromatic carbocycles. The smallest absolute Gasteiger partial charge is 0.246 e. The third-order valence-electron chi connectivity index (χ3n) is 2.60. The van der Waals surface area contributed by atoms with E-state index in [0.717, 1.165) is 27.8 Å². The summed E-state index contributed by atoms with van der Waals surface area (Å²) in [6.07, 6.45) is 0.792. The highest BCUT2D eigenvalue weighted by Gasteiger charge is 2.24. The van der Waals surface area contributed by atoms with Crippen LogP contribution in [0.5, 0.6) is 0 Å². The molecular formula is C11H13BrN2O. The van der Waals surface area contributed by atoms with Crippen LogP contribution in [0.2, 0.25) is 0 Å². The van der Waals surface area contributed by atoms with Crippen LogP contribution in [0.25, 0.3) is 0 Å². The standard InChI is InChI=1S/C11H13BrN2O/c1-3-8-11(15)14-9-5-7(12)4-6(2)10(9)13-8/h4-5,8,13H,3H2,1-2H3,(H,14,15). The zero-order chi connectivity index (χ0) is 11.0. The highest BCUT2D eigenvalue weighted by atomic mass is 79.9. The molecule has 1 amide bonds. The van der Waals surface area contributed by atoms with Gasteiger partial charge in [0.1, 0.15) is 6.04 Å². The Morgan fingerprint density at radius 3 is 2.87 bits per heavy atom. The van der Waals surface area contributed by atoms with Gasteiger partial charge in [-0.1, -0.05) is 22.9 Å². The molecule has 1 aliphatic rings. The van der Waals surface area contributed by atoms with Gasteiger partial charge in [0, 0.05) is 4.47 Å². The molecule has 4 heteroatoms. The maximum absolute atomic E-state index is 11.6. The number of benzene rings is 1. The SMILES string of the molecule is CCC1Nc2c(C)cc(Br)cc2NC1=O. The summed E-state index contributed by atoms with van der Waals surface area (Å²) in [6, 6.07) is 3.84. The normalized spacial score (nSPS) is 19.1. The molecule has 0 spiro atoms. The van der Waals surface area contributed by atoms with E-state index in [0.29, 0.717) is 0 Å². The average Bonchev–Trinajstić information content (AvgIpc) is 2.16. The Bertz CT molecular complexity index is 417. The minimum atomic E-state index is -0.114. The molecule has 1 atom stereocenters. The van der Waals surface area contributed by atoms with Crippen molar-refractivity contribution in [2.75, 3.05) is 10.6 Å². The summed E-state index contributed by atoms with van der Waals surface area (Å²) < 4.78 is 0.982. The number of nitrogens with one attached hydrogen (secondary N) is 2. The Balaban J connectivity index is 2.45. The van der Waals surface area contributed by atoms with Gasteiger partial charge in [-0.2, -0.15) is 0 Å². The number of hydrogen-bond acceptors (Lipinski definition) is 2. The van der Waals surface area contributed by atoms with Gasteiger partial charge in [0.15, 0.2) is 0 Å². The number of carbonyl (C=O) groups is 1. The van der Waals surface area contributed by atoms with Crippen LogP contribution in [0.3, 0.4) is 0 Å². The van der Waals surface area contributed by atoms with Crippen LogP contribution in [0, 0.1) is 6.92 Å². The zero-order valence-corrected chi connectivity index (χ0v) is 10.3. The van der Waals surface area contributed by atoms with E-state index in [1.165, 1.54) is 0 Å². The Morgan fingerprint density at radius 2 is 2.20 bits per heavy atom. The van der Waals surface area contributed by atoms with E-state index in [1.807, 2.05) is 26.0 Å². The van der Waals surface area contributed by atoms with Crippen molar-refractivity contribution in [2.45, 2.75) is 26.3 Å². The van der Waals surface area contributed by atoms with Crippen LogP contribution >= 0.6 is 15.9 Å². The van der Waals surface area contributed by atoms with Crippen molar-refractivity contribution in [2.24, 2.45) is 0 Å². The molecule has 0 aliphatic carbocycles. The second-order valence-corrected chi connectivity index (χ2v) is 4.66. The molecule has 1 aliphatic heterocycles. The minimum Gasteiger partial charge on any atom is -0.372 e. The molecule has 15 heavy (non-hydrogen) atoms. The molecule has 80 valence electrons. The van der Waals surface area contributed by atoms with Gasteiger partial charge in [-0.3, -0.25) is 4.79 Å². The number of halogens is 1. The number of anilines is 2. The molecule has 0 radical (unpaired) electrons. The van der Waals surface area contributed by atoms with Crippen LogP contribution in [0.4, 0.5) is 11.4 Å². The topological polar surface area (TPSA) is 41.1 Å². The third kappa shape index (κ3) is 1.86. The van der Waals surface area contributed by atoms with Crippen LogP contribution in [0.1, 0.15) is 18.9 Å². The van der Waals surface area contributed by atoms with Crippen LogP contribution in [-0.2, 0) is 4.79 Å². The molecule has 0 fully saturated rings. The van der Waals surface area contributed by atoms with Crippen molar-refractivity contribution in [3.8, 4) is 0 Å². The summed E-state index contributed by atoms with van der Waals surface area (Å²) in [5, 5.41) is 6.17. The highest BCUT2D eigenvalue weighted by molar-refractivity contribution is 9.10. The molecule has 1 heterocycles. The Hall–Kier alpha value is -1.03. The zero-order valence-electron chi connectivity index (χ0n) is 8.73. The summed E-state index contributed by atoms with van der Waals surface area (Å²) in [6.45, 7) is 4.03. The van der Waals surface area contributed by atoms with E-state index in [9.17, 15) is 4.79 Å². The summed E-state index contributed by atoms with van der Waals surface area (Å²) in [5.41, 5.74) is 3.03. The van der Waals surface area contributed by atoms with E-state index >= 15 is 0 Å². The van der Waals surface area contributed by atoms with Gasteiger partial charge in [0.2, 0.25) is 5.91 Å². The van der Waals surface area contributed by atoms with Crippen molar-refractivity contribution in [1.82, 2.24) is 0 Å². The van der Waals surface area contributed by atoms with Crippen molar-refractivity contribution >= 4 is 33.2 Å². The predicted octanol–water partition coefficient (Wildman–Crippen LogP) is 2.90. The second kappa shape index (κ2) is 3.85. The lowest BCUT2D eigenvalue weighted by molar-refractivity contribution is -0.117. The first-order valence-corrected chi connectivity index (χ1v) is 5.78. The monoisotopic (exact) mass is 268 g/mol. The number of amides is 1. The van der Waals surface area contributed by atoms with Gasteiger partial charge in [0.25, 0.3) is 0 Å². The molecular weight excluding hydrogens is 256 g/mol. The van der Waals surface area contributed by atoms with Gasteiger partial charge in [-0.15, -0.1) is 0 Å². The van der Waals surface area contributed by atoms with Crippen molar-refractivity contribution < 1.29 is 4.79 Å². The molecule has 0 saturated carbocycles. The van der Waals surface area contributed by atoms with E-state index in [2.05, 4.69) is 26.6 Å². The molecule has 2 rings (SSSR count). The first kappa shape index (κ1) is 10.5. The quantitative estimate of drug-likeness (QED) is 0.823. The largest absolute Gasteiger partial charge is 0.372 e.